The van der Waals surface area contributed by atoms with E-state index in [1.165, 1.54) is 11.8 Å². The molecule has 0 aliphatic rings. The minimum atomic E-state index is -0.660. The van der Waals surface area contributed by atoms with E-state index in [-0.39, 0.29) is 11.6 Å². The summed E-state index contributed by atoms with van der Waals surface area (Å²) in [6.45, 7) is 3.55. The summed E-state index contributed by atoms with van der Waals surface area (Å²) in [5, 5.41) is 0. The molecule has 1 heterocycles. The highest BCUT2D eigenvalue weighted by molar-refractivity contribution is 7.12. The molecule has 0 radical (unpaired) electrons. The van der Waals surface area contributed by atoms with Gasteiger partial charge in [0.25, 0.3) is 0 Å². The first-order chi connectivity index (χ1) is 9.13. The molecular weight excluding hydrogens is 256 g/mol. The highest BCUT2D eigenvalue weighted by Crippen LogP contribution is 2.29. The second-order valence-electron chi connectivity index (χ2n) is 4.43. The molecule has 0 aliphatic carbocycles. The SMILES string of the molecule is CCc1ccc(C(C(C)=O)C(=O)c2ccccc2)s1. The van der Waals surface area contributed by atoms with Crippen molar-refractivity contribution in [3.63, 3.8) is 0 Å². The first kappa shape index (κ1) is 13.7. The first-order valence-electron chi connectivity index (χ1n) is 6.31. The van der Waals surface area contributed by atoms with Crippen molar-refractivity contribution in [3.05, 3.63) is 57.8 Å². The lowest BCUT2D eigenvalue weighted by atomic mass is 9.93. The van der Waals surface area contributed by atoms with E-state index in [1.54, 1.807) is 23.5 Å². The van der Waals surface area contributed by atoms with E-state index < -0.39 is 5.92 Å². The molecule has 1 unspecified atom stereocenters. The van der Waals surface area contributed by atoms with Gasteiger partial charge in [-0.2, -0.15) is 0 Å². The molecule has 0 saturated heterocycles. The maximum atomic E-state index is 12.5. The molecule has 0 fully saturated rings. The Morgan fingerprint density at radius 3 is 2.32 bits per heavy atom. The topological polar surface area (TPSA) is 34.1 Å². The maximum absolute atomic E-state index is 12.5. The summed E-state index contributed by atoms with van der Waals surface area (Å²) in [6, 6.07) is 12.9. The number of hydrogen-bond donors (Lipinski definition) is 0. The molecule has 19 heavy (non-hydrogen) atoms. The van der Waals surface area contributed by atoms with Gasteiger partial charge in [0.1, 0.15) is 11.7 Å². The smallest absolute Gasteiger partial charge is 0.178 e. The summed E-state index contributed by atoms with van der Waals surface area (Å²) in [7, 11) is 0. The Morgan fingerprint density at radius 1 is 1.11 bits per heavy atom. The van der Waals surface area contributed by atoms with Crippen LogP contribution >= 0.6 is 11.3 Å². The molecule has 3 heteroatoms. The van der Waals surface area contributed by atoms with Crippen molar-refractivity contribution in [2.45, 2.75) is 26.2 Å². The van der Waals surface area contributed by atoms with Crippen LogP contribution in [0.1, 0.15) is 39.9 Å². The number of ketones is 2. The fourth-order valence-corrected chi connectivity index (χ4v) is 3.13. The van der Waals surface area contributed by atoms with Gasteiger partial charge in [-0.15, -0.1) is 11.3 Å². The molecule has 1 aromatic carbocycles. The lowest BCUT2D eigenvalue weighted by molar-refractivity contribution is -0.117. The van der Waals surface area contributed by atoms with Gasteiger partial charge in [0.15, 0.2) is 5.78 Å². The predicted octanol–water partition coefficient (Wildman–Crippen LogP) is 3.87. The molecule has 2 nitrogen and oxygen atoms in total. The van der Waals surface area contributed by atoms with E-state index in [1.807, 2.05) is 30.3 Å². The average molecular weight is 272 g/mol. The summed E-state index contributed by atoms with van der Waals surface area (Å²) in [5.41, 5.74) is 0.592. The lowest BCUT2D eigenvalue weighted by Crippen LogP contribution is -2.19. The maximum Gasteiger partial charge on any atom is 0.178 e. The zero-order valence-corrected chi connectivity index (χ0v) is 11.9. The molecule has 0 aliphatic heterocycles. The van der Waals surface area contributed by atoms with Crippen molar-refractivity contribution in [2.75, 3.05) is 0 Å². The van der Waals surface area contributed by atoms with Gasteiger partial charge in [0.05, 0.1) is 0 Å². The van der Waals surface area contributed by atoms with Gasteiger partial charge < -0.3 is 0 Å². The van der Waals surface area contributed by atoms with E-state index >= 15 is 0 Å². The summed E-state index contributed by atoms with van der Waals surface area (Å²) in [6.07, 6.45) is 0.925. The van der Waals surface area contributed by atoms with Gasteiger partial charge in [0.2, 0.25) is 0 Å². The standard InChI is InChI=1S/C16H16O2S/c1-3-13-9-10-14(19-13)15(11(2)17)16(18)12-7-5-4-6-8-12/h4-10,15H,3H2,1-2H3. The first-order valence-corrected chi connectivity index (χ1v) is 7.13. The number of rotatable bonds is 5. The van der Waals surface area contributed by atoms with Crippen LogP contribution in [-0.4, -0.2) is 11.6 Å². The van der Waals surface area contributed by atoms with Crippen LogP contribution in [0.2, 0.25) is 0 Å². The van der Waals surface area contributed by atoms with E-state index in [0.717, 1.165) is 11.3 Å². The molecular formula is C16H16O2S. The minimum absolute atomic E-state index is 0.0987. The Hall–Kier alpha value is -1.74. The van der Waals surface area contributed by atoms with Crippen molar-refractivity contribution < 1.29 is 9.59 Å². The third kappa shape index (κ3) is 2.99. The summed E-state index contributed by atoms with van der Waals surface area (Å²) >= 11 is 1.55. The molecule has 2 aromatic rings. The number of carbonyl (C=O) groups excluding carboxylic acids is 2. The second-order valence-corrected chi connectivity index (χ2v) is 5.63. The third-order valence-corrected chi connectivity index (χ3v) is 4.34. The minimum Gasteiger partial charge on any atom is -0.299 e. The highest BCUT2D eigenvalue weighted by Gasteiger charge is 2.27. The molecule has 0 N–H and O–H groups in total. The van der Waals surface area contributed by atoms with Crippen molar-refractivity contribution in [1.29, 1.82) is 0 Å². The van der Waals surface area contributed by atoms with Crippen molar-refractivity contribution in [1.82, 2.24) is 0 Å². The predicted molar refractivity (Wildman–Crippen MR) is 77.9 cm³/mol. The van der Waals surface area contributed by atoms with Crippen LogP contribution < -0.4 is 0 Å². The largest absolute Gasteiger partial charge is 0.299 e. The highest BCUT2D eigenvalue weighted by atomic mass is 32.1. The fourth-order valence-electron chi connectivity index (χ4n) is 2.02. The molecule has 0 saturated carbocycles. The monoisotopic (exact) mass is 272 g/mol. The normalized spacial score (nSPS) is 12.1. The lowest BCUT2D eigenvalue weighted by Gasteiger charge is -2.10. The molecule has 0 bridgehead atoms. The number of benzene rings is 1. The number of aryl methyl sites for hydroxylation is 1. The van der Waals surface area contributed by atoms with Crippen LogP contribution in [0.4, 0.5) is 0 Å². The summed E-state index contributed by atoms with van der Waals surface area (Å²) in [5.74, 6) is -0.872. The second kappa shape index (κ2) is 5.93. The van der Waals surface area contributed by atoms with Crippen LogP contribution in [-0.2, 0) is 11.2 Å². The van der Waals surface area contributed by atoms with E-state index in [0.29, 0.717) is 5.56 Å². The van der Waals surface area contributed by atoms with Crippen molar-refractivity contribution >= 4 is 22.9 Å². The number of carbonyl (C=O) groups is 2. The van der Waals surface area contributed by atoms with Crippen LogP contribution in [0.5, 0.6) is 0 Å². The molecule has 0 amide bonds. The van der Waals surface area contributed by atoms with Crippen molar-refractivity contribution in [2.24, 2.45) is 0 Å². The Morgan fingerprint density at radius 2 is 1.79 bits per heavy atom. The fraction of sp³-hybridized carbons (Fsp3) is 0.250. The summed E-state index contributed by atoms with van der Waals surface area (Å²) < 4.78 is 0. The van der Waals surface area contributed by atoms with Crippen molar-refractivity contribution in [3.8, 4) is 0 Å². The molecule has 1 atom stereocenters. The van der Waals surface area contributed by atoms with Crippen LogP contribution in [0.25, 0.3) is 0 Å². The third-order valence-electron chi connectivity index (χ3n) is 3.04. The number of hydrogen-bond acceptors (Lipinski definition) is 3. The van der Waals surface area contributed by atoms with Gasteiger partial charge in [-0.25, -0.2) is 0 Å². The summed E-state index contributed by atoms with van der Waals surface area (Å²) in [4.78, 5) is 26.4. The number of thiophene rings is 1. The zero-order chi connectivity index (χ0) is 13.8. The molecule has 98 valence electrons. The van der Waals surface area contributed by atoms with Gasteiger partial charge in [0, 0.05) is 15.3 Å². The van der Waals surface area contributed by atoms with E-state index in [9.17, 15) is 9.59 Å². The van der Waals surface area contributed by atoms with E-state index in [4.69, 9.17) is 0 Å². The average Bonchev–Trinajstić information content (AvgIpc) is 2.88. The van der Waals surface area contributed by atoms with E-state index in [2.05, 4.69) is 6.92 Å². The molecule has 0 spiro atoms. The van der Waals surface area contributed by atoms with Crippen LogP contribution in [0, 0.1) is 0 Å². The van der Waals surface area contributed by atoms with Gasteiger partial charge >= 0.3 is 0 Å². The van der Waals surface area contributed by atoms with Gasteiger partial charge in [-0.3, -0.25) is 9.59 Å². The molecule has 1 aromatic heterocycles. The number of Topliss-reactive ketones (excluding diaryl/α,β-unsaturated/α-hetero) is 2. The molecule has 2 rings (SSSR count). The van der Waals surface area contributed by atoms with Crippen LogP contribution in [0.3, 0.4) is 0 Å². The Bertz CT molecular complexity index is 584. The Labute approximate surface area is 117 Å². The zero-order valence-electron chi connectivity index (χ0n) is 11.1. The Kier molecular flexibility index (Phi) is 4.27. The Balaban J connectivity index is 2.36. The van der Waals surface area contributed by atoms with Gasteiger partial charge in [-0.1, -0.05) is 37.3 Å². The van der Waals surface area contributed by atoms with Crippen LogP contribution in [0.15, 0.2) is 42.5 Å². The quantitative estimate of drug-likeness (QED) is 0.611. The van der Waals surface area contributed by atoms with Gasteiger partial charge in [-0.05, 0) is 25.5 Å².